The molecule has 0 atom stereocenters. The number of hydrogen-bond acceptors (Lipinski definition) is 3. The van der Waals surface area contributed by atoms with Gasteiger partial charge in [-0.1, -0.05) is 28.1 Å². The van der Waals surface area contributed by atoms with Gasteiger partial charge in [0.05, 0.1) is 12.7 Å². The Bertz CT molecular complexity index is 745. The van der Waals surface area contributed by atoms with Crippen molar-refractivity contribution in [3.05, 3.63) is 63.4 Å². The SMILES string of the molecule is O=c1n(Cc2ccc(Br)cc2)nc2cnccn12. The molecule has 0 saturated heterocycles. The molecule has 6 heteroatoms. The van der Waals surface area contributed by atoms with Crippen molar-refractivity contribution in [2.24, 2.45) is 0 Å². The maximum absolute atomic E-state index is 12.0. The zero-order valence-corrected chi connectivity index (χ0v) is 10.9. The van der Waals surface area contributed by atoms with E-state index in [0.29, 0.717) is 12.2 Å². The molecule has 0 saturated carbocycles. The van der Waals surface area contributed by atoms with Crippen LogP contribution in [0.5, 0.6) is 0 Å². The number of fused-ring (bicyclic) bond motifs is 1. The van der Waals surface area contributed by atoms with Crippen LogP contribution in [0.2, 0.25) is 0 Å². The van der Waals surface area contributed by atoms with E-state index >= 15 is 0 Å². The van der Waals surface area contributed by atoms with Gasteiger partial charge in [-0.05, 0) is 17.7 Å². The van der Waals surface area contributed by atoms with Crippen molar-refractivity contribution < 1.29 is 0 Å². The highest BCUT2D eigenvalue weighted by atomic mass is 79.9. The molecule has 2 aromatic heterocycles. The Labute approximate surface area is 111 Å². The standard InChI is InChI=1S/C12H9BrN4O/c13-10-3-1-9(2-4-10)8-17-12(18)16-6-5-14-7-11(16)15-17/h1-7H,8H2. The molecule has 0 unspecified atom stereocenters. The van der Waals surface area contributed by atoms with Crippen LogP contribution in [-0.2, 0) is 6.54 Å². The molecule has 2 heterocycles. The lowest BCUT2D eigenvalue weighted by atomic mass is 10.2. The van der Waals surface area contributed by atoms with Crippen LogP contribution in [0.25, 0.3) is 5.65 Å². The summed E-state index contributed by atoms with van der Waals surface area (Å²) in [7, 11) is 0. The van der Waals surface area contributed by atoms with Crippen LogP contribution in [0.15, 0.2) is 52.1 Å². The first kappa shape index (κ1) is 11.2. The molecule has 0 amide bonds. The van der Waals surface area contributed by atoms with E-state index in [1.165, 1.54) is 9.08 Å². The average molecular weight is 305 g/mol. The highest BCUT2D eigenvalue weighted by Gasteiger charge is 2.06. The average Bonchev–Trinajstić information content (AvgIpc) is 2.70. The number of rotatable bonds is 2. The first-order valence-electron chi connectivity index (χ1n) is 5.38. The van der Waals surface area contributed by atoms with E-state index in [0.717, 1.165) is 10.0 Å². The predicted molar refractivity (Wildman–Crippen MR) is 70.5 cm³/mol. The van der Waals surface area contributed by atoms with Crippen molar-refractivity contribution in [3.8, 4) is 0 Å². The Hall–Kier alpha value is -1.95. The zero-order chi connectivity index (χ0) is 12.5. The minimum Gasteiger partial charge on any atom is -0.259 e. The summed E-state index contributed by atoms with van der Waals surface area (Å²) in [5, 5.41) is 4.22. The fourth-order valence-electron chi connectivity index (χ4n) is 1.75. The third kappa shape index (κ3) is 1.95. The molecule has 5 nitrogen and oxygen atoms in total. The molecule has 0 N–H and O–H groups in total. The van der Waals surface area contributed by atoms with Crippen LogP contribution in [0.1, 0.15) is 5.56 Å². The van der Waals surface area contributed by atoms with Crippen molar-refractivity contribution in [1.82, 2.24) is 19.2 Å². The maximum atomic E-state index is 12.0. The molecule has 3 rings (SSSR count). The Kier molecular flexibility index (Phi) is 2.71. The van der Waals surface area contributed by atoms with Gasteiger partial charge in [0.15, 0.2) is 5.65 Å². The summed E-state index contributed by atoms with van der Waals surface area (Å²) in [4.78, 5) is 16.0. The van der Waals surface area contributed by atoms with E-state index in [1.54, 1.807) is 18.6 Å². The summed E-state index contributed by atoms with van der Waals surface area (Å²) >= 11 is 3.38. The molecule has 3 aromatic rings. The van der Waals surface area contributed by atoms with Crippen LogP contribution in [0.3, 0.4) is 0 Å². The summed E-state index contributed by atoms with van der Waals surface area (Å²) in [5.41, 5.74) is 1.42. The van der Waals surface area contributed by atoms with Crippen molar-refractivity contribution in [1.29, 1.82) is 0 Å². The van der Waals surface area contributed by atoms with Crippen molar-refractivity contribution >= 4 is 21.6 Å². The summed E-state index contributed by atoms with van der Waals surface area (Å²) in [6.07, 6.45) is 4.75. The van der Waals surface area contributed by atoms with Crippen molar-refractivity contribution in [2.75, 3.05) is 0 Å². The highest BCUT2D eigenvalue weighted by Crippen LogP contribution is 2.10. The molecular weight excluding hydrogens is 296 g/mol. The lowest BCUT2D eigenvalue weighted by Gasteiger charge is -1.99. The minimum atomic E-state index is -0.157. The largest absolute Gasteiger partial charge is 0.350 e. The third-order valence-corrected chi connectivity index (χ3v) is 3.16. The van der Waals surface area contributed by atoms with Crippen molar-refractivity contribution in [2.45, 2.75) is 6.54 Å². The lowest BCUT2D eigenvalue weighted by molar-refractivity contribution is 0.658. The summed E-state index contributed by atoms with van der Waals surface area (Å²) in [5.74, 6) is 0. The molecule has 90 valence electrons. The lowest BCUT2D eigenvalue weighted by Crippen LogP contribution is -2.21. The normalized spacial score (nSPS) is 10.9. The second-order valence-corrected chi connectivity index (χ2v) is 4.79. The molecule has 0 radical (unpaired) electrons. The smallest absolute Gasteiger partial charge is 0.259 e. The number of nitrogens with zero attached hydrogens (tertiary/aromatic N) is 4. The van der Waals surface area contributed by atoms with E-state index in [1.807, 2.05) is 24.3 Å². The van der Waals surface area contributed by atoms with Gasteiger partial charge in [0.1, 0.15) is 0 Å². The van der Waals surface area contributed by atoms with Crippen LogP contribution in [0, 0.1) is 0 Å². The van der Waals surface area contributed by atoms with Gasteiger partial charge in [0.25, 0.3) is 0 Å². The summed E-state index contributed by atoms with van der Waals surface area (Å²) in [6.45, 7) is 0.452. The van der Waals surface area contributed by atoms with Gasteiger partial charge in [0, 0.05) is 16.9 Å². The molecular formula is C12H9BrN4O. The van der Waals surface area contributed by atoms with Crippen molar-refractivity contribution in [3.63, 3.8) is 0 Å². The second-order valence-electron chi connectivity index (χ2n) is 3.87. The molecule has 18 heavy (non-hydrogen) atoms. The Morgan fingerprint density at radius 3 is 2.72 bits per heavy atom. The quantitative estimate of drug-likeness (QED) is 0.724. The fraction of sp³-hybridized carbons (Fsp3) is 0.0833. The van der Waals surface area contributed by atoms with Gasteiger partial charge in [-0.2, -0.15) is 0 Å². The molecule has 0 spiro atoms. The number of halogens is 1. The number of hydrogen-bond donors (Lipinski definition) is 0. The van der Waals surface area contributed by atoms with E-state index in [9.17, 15) is 4.79 Å². The Morgan fingerprint density at radius 2 is 2.00 bits per heavy atom. The van der Waals surface area contributed by atoms with Crippen LogP contribution < -0.4 is 5.69 Å². The fourth-order valence-corrected chi connectivity index (χ4v) is 2.01. The molecule has 0 fully saturated rings. The van der Waals surface area contributed by atoms with E-state index in [2.05, 4.69) is 26.0 Å². The monoisotopic (exact) mass is 304 g/mol. The summed E-state index contributed by atoms with van der Waals surface area (Å²) in [6, 6.07) is 7.80. The van der Waals surface area contributed by atoms with E-state index < -0.39 is 0 Å². The topological polar surface area (TPSA) is 52.2 Å². The van der Waals surface area contributed by atoms with Crippen LogP contribution in [0.4, 0.5) is 0 Å². The van der Waals surface area contributed by atoms with Gasteiger partial charge in [-0.25, -0.2) is 13.9 Å². The second kappa shape index (κ2) is 4.38. The minimum absolute atomic E-state index is 0.157. The molecule has 1 aromatic carbocycles. The van der Waals surface area contributed by atoms with Gasteiger partial charge in [0.2, 0.25) is 0 Å². The van der Waals surface area contributed by atoms with Gasteiger partial charge in [-0.15, -0.1) is 5.10 Å². The molecule has 0 aliphatic heterocycles. The predicted octanol–water partition coefficient (Wildman–Crippen LogP) is 1.70. The molecule has 0 bridgehead atoms. The number of aromatic nitrogens is 4. The summed E-state index contributed by atoms with van der Waals surface area (Å²) < 4.78 is 3.92. The van der Waals surface area contributed by atoms with Crippen LogP contribution in [-0.4, -0.2) is 19.2 Å². The first-order valence-corrected chi connectivity index (χ1v) is 6.17. The highest BCUT2D eigenvalue weighted by molar-refractivity contribution is 9.10. The zero-order valence-electron chi connectivity index (χ0n) is 9.32. The Morgan fingerprint density at radius 1 is 1.22 bits per heavy atom. The van der Waals surface area contributed by atoms with Gasteiger partial charge < -0.3 is 0 Å². The maximum Gasteiger partial charge on any atom is 0.350 e. The molecule has 0 aliphatic carbocycles. The van der Waals surface area contributed by atoms with Gasteiger partial charge >= 0.3 is 5.69 Å². The first-order chi connectivity index (χ1) is 8.74. The van der Waals surface area contributed by atoms with E-state index in [4.69, 9.17) is 0 Å². The van der Waals surface area contributed by atoms with Crippen LogP contribution >= 0.6 is 15.9 Å². The number of benzene rings is 1. The Balaban J connectivity index is 2.02. The van der Waals surface area contributed by atoms with Gasteiger partial charge in [-0.3, -0.25) is 4.98 Å². The third-order valence-electron chi connectivity index (χ3n) is 2.63. The van der Waals surface area contributed by atoms with E-state index in [-0.39, 0.29) is 5.69 Å². The molecule has 0 aliphatic rings.